The smallest absolute Gasteiger partial charge is 0.122 e. The van der Waals surface area contributed by atoms with Crippen LogP contribution >= 0.6 is 0 Å². The summed E-state index contributed by atoms with van der Waals surface area (Å²) in [5, 5.41) is 0. The van der Waals surface area contributed by atoms with Crippen molar-refractivity contribution in [2.45, 2.75) is 6.92 Å². The third-order valence-electron chi connectivity index (χ3n) is 1.75. The van der Waals surface area contributed by atoms with Crippen molar-refractivity contribution in [1.29, 1.82) is 0 Å². The molecule has 0 aromatic heterocycles. The minimum atomic E-state index is 0.392. The van der Waals surface area contributed by atoms with Crippen LogP contribution < -0.4 is 0 Å². The van der Waals surface area contributed by atoms with Gasteiger partial charge in [-0.1, -0.05) is 13.0 Å². The van der Waals surface area contributed by atoms with Crippen molar-refractivity contribution in [2.24, 2.45) is 5.92 Å². The average Bonchev–Trinajstić information content (AvgIpc) is 2.26. The summed E-state index contributed by atoms with van der Waals surface area (Å²) in [6.45, 7) is 2.10. The summed E-state index contributed by atoms with van der Waals surface area (Å²) in [6, 6.07) is 0. The molecule has 1 rings (SSSR count). The Hall–Kier alpha value is -1.18. The maximum absolute atomic E-state index is 5.14. The summed E-state index contributed by atoms with van der Waals surface area (Å²) in [5.41, 5.74) is 0. The van der Waals surface area contributed by atoms with E-state index in [1.807, 2.05) is 18.2 Å². The van der Waals surface area contributed by atoms with Gasteiger partial charge < -0.3 is 9.47 Å². The first-order valence-corrected chi connectivity index (χ1v) is 3.96. The van der Waals surface area contributed by atoms with Gasteiger partial charge in [-0.05, 0) is 18.1 Å². The molecule has 2 nitrogen and oxygen atoms in total. The molecule has 0 radical (unpaired) electrons. The molecule has 0 spiro atoms. The molecule has 0 N–H and O–H groups in total. The van der Waals surface area contributed by atoms with Crippen LogP contribution in [-0.2, 0) is 9.47 Å². The van der Waals surface area contributed by atoms with E-state index in [0.717, 1.165) is 11.5 Å². The van der Waals surface area contributed by atoms with Crippen molar-refractivity contribution in [3.63, 3.8) is 0 Å². The molecule has 1 aliphatic rings. The molecule has 0 saturated heterocycles. The summed E-state index contributed by atoms with van der Waals surface area (Å²) >= 11 is 0. The molecule has 0 aliphatic heterocycles. The van der Waals surface area contributed by atoms with Crippen LogP contribution in [0.25, 0.3) is 0 Å². The highest BCUT2D eigenvalue weighted by Crippen LogP contribution is 2.15. The van der Waals surface area contributed by atoms with E-state index in [4.69, 9.17) is 9.47 Å². The second-order valence-corrected chi connectivity index (χ2v) is 2.74. The molecule has 66 valence electrons. The first-order valence-electron chi connectivity index (χ1n) is 3.96. The van der Waals surface area contributed by atoms with Gasteiger partial charge in [0.2, 0.25) is 0 Å². The molecule has 0 fully saturated rings. The number of hydrogen-bond acceptors (Lipinski definition) is 2. The van der Waals surface area contributed by atoms with E-state index in [0.29, 0.717) is 5.92 Å². The Morgan fingerprint density at radius 2 is 1.83 bits per heavy atom. The van der Waals surface area contributed by atoms with Gasteiger partial charge in [0.1, 0.15) is 11.5 Å². The van der Waals surface area contributed by atoms with Gasteiger partial charge in [-0.15, -0.1) is 0 Å². The molecule has 0 aromatic carbocycles. The maximum atomic E-state index is 5.14. The first kappa shape index (κ1) is 8.91. The van der Waals surface area contributed by atoms with Crippen LogP contribution in [0.4, 0.5) is 0 Å². The second-order valence-electron chi connectivity index (χ2n) is 2.74. The van der Waals surface area contributed by atoms with Crippen molar-refractivity contribution in [2.75, 3.05) is 14.2 Å². The zero-order valence-electron chi connectivity index (χ0n) is 7.70. The topological polar surface area (TPSA) is 18.5 Å². The summed E-state index contributed by atoms with van der Waals surface area (Å²) in [4.78, 5) is 0. The molecule has 2 heteroatoms. The van der Waals surface area contributed by atoms with Gasteiger partial charge in [-0.2, -0.15) is 0 Å². The van der Waals surface area contributed by atoms with Crippen LogP contribution in [0.15, 0.2) is 35.8 Å². The third-order valence-corrected chi connectivity index (χ3v) is 1.75. The monoisotopic (exact) mass is 166 g/mol. The van der Waals surface area contributed by atoms with Crippen LogP contribution in [0.2, 0.25) is 0 Å². The van der Waals surface area contributed by atoms with E-state index in [1.54, 1.807) is 14.2 Å². The minimum absolute atomic E-state index is 0.392. The van der Waals surface area contributed by atoms with Gasteiger partial charge in [0.15, 0.2) is 0 Å². The van der Waals surface area contributed by atoms with Gasteiger partial charge in [0, 0.05) is 6.08 Å². The van der Waals surface area contributed by atoms with Crippen molar-refractivity contribution in [3.8, 4) is 0 Å². The molecule has 1 atom stereocenters. The zero-order chi connectivity index (χ0) is 8.97. The summed E-state index contributed by atoms with van der Waals surface area (Å²) < 4.78 is 10.2. The standard InChI is InChI=1S/C10H14O2/c1-8-4-5-9(11-2)7-10(6-8)12-3/h4-8H,1-3H3. The highest BCUT2D eigenvalue weighted by atomic mass is 16.5. The normalized spacial score (nSPS) is 22.4. The number of hydrogen-bond donors (Lipinski definition) is 0. The highest BCUT2D eigenvalue weighted by Gasteiger charge is 2.03. The van der Waals surface area contributed by atoms with Crippen LogP contribution in [0, 0.1) is 5.92 Å². The molecule has 0 aromatic rings. The first-order chi connectivity index (χ1) is 5.76. The highest BCUT2D eigenvalue weighted by molar-refractivity contribution is 5.28. The number of rotatable bonds is 2. The lowest BCUT2D eigenvalue weighted by Gasteiger charge is -2.01. The lowest BCUT2D eigenvalue weighted by Crippen LogP contribution is -1.87. The van der Waals surface area contributed by atoms with E-state index in [-0.39, 0.29) is 0 Å². The maximum Gasteiger partial charge on any atom is 0.122 e. The number of ether oxygens (including phenoxy) is 2. The molecule has 1 aliphatic carbocycles. The Kier molecular flexibility index (Phi) is 2.97. The van der Waals surface area contributed by atoms with Crippen LogP contribution in [0.3, 0.4) is 0 Å². The largest absolute Gasteiger partial charge is 0.497 e. The Labute approximate surface area is 73.2 Å². The summed E-state index contributed by atoms with van der Waals surface area (Å²) in [5.74, 6) is 2.07. The summed E-state index contributed by atoms with van der Waals surface area (Å²) in [6.07, 6.45) is 7.94. The molecule has 0 amide bonds. The predicted octanol–water partition coefficient (Wildman–Crippen LogP) is 2.25. The van der Waals surface area contributed by atoms with Crippen molar-refractivity contribution in [1.82, 2.24) is 0 Å². The third kappa shape index (κ3) is 2.16. The Morgan fingerprint density at radius 3 is 2.42 bits per heavy atom. The van der Waals surface area contributed by atoms with E-state index >= 15 is 0 Å². The molecule has 0 saturated carbocycles. The molecule has 0 heterocycles. The summed E-state index contributed by atoms with van der Waals surface area (Å²) in [7, 11) is 3.31. The molecule has 0 bridgehead atoms. The van der Waals surface area contributed by atoms with Crippen molar-refractivity contribution < 1.29 is 9.47 Å². The minimum Gasteiger partial charge on any atom is -0.497 e. The molecule has 1 unspecified atom stereocenters. The van der Waals surface area contributed by atoms with Crippen LogP contribution in [0.1, 0.15) is 6.92 Å². The Morgan fingerprint density at radius 1 is 1.17 bits per heavy atom. The van der Waals surface area contributed by atoms with E-state index in [2.05, 4.69) is 13.0 Å². The average molecular weight is 166 g/mol. The second kappa shape index (κ2) is 4.00. The molecule has 12 heavy (non-hydrogen) atoms. The van der Waals surface area contributed by atoms with E-state index < -0.39 is 0 Å². The van der Waals surface area contributed by atoms with Crippen molar-refractivity contribution >= 4 is 0 Å². The Bertz CT molecular complexity index is 236. The molecular formula is C10H14O2. The zero-order valence-corrected chi connectivity index (χ0v) is 7.70. The lowest BCUT2D eigenvalue weighted by molar-refractivity contribution is 0.285. The van der Waals surface area contributed by atoms with Crippen LogP contribution in [0.5, 0.6) is 0 Å². The Balaban J connectivity index is 2.86. The number of methoxy groups -OCH3 is 2. The van der Waals surface area contributed by atoms with E-state index in [1.165, 1.54) is 0 Å². The number of allylic oxidation sites excluding steroid dienone is 4. The SMILES string of the molecule is COC1=CC(OC)=CC(C)C=C1. The van der Waals surface area contributed by atoms with Gasteiger partial charge in [0.25, 0.3) is 0 Å². The van der Waals surface area contributed by atoms with Gasteiger partial charge >= 0.3 is 0 Å². The van der Waals surface area contributed by atoms with Gasteiger partial charge in [0.05, 0.1) is 14.2 Å². The molecular weight excluding hydrogens is 152 g/mol. The fourth-order valence-electron chi connectivity index (χ4n) is 1.05. The quantitative estimate of drug-likeness (QED) is 0.626. The predicted molar refractivity (Wildman–Crippen MR) is 48.5 cm³/mol. The lowest BCUT2D eigenvalue weighted by atomic mass is 10.1. The van der Waals surface area contributed by atoms with Crippen LogP contribution in [-0.4, -0.2) is 14.2 Å². The van der Waals surface area contributed by atoms with Crippen molar-refractivity contribution in [3.05, 3.63) is 35.8 Å². The fourth-order valence-corrected chi connectivity index (χ4v) is 1.05. The van der Waals surface area contributed by atoms with Gasteiger partial charge in [-0.25, -0.2) is 0 Å². The fraction of sp³-hybridized carbons (Fsp3) is 0.400. The van der Waals surface area contributed by atoms with Gasteiger partial charge in [-0.3, -0.25) is 0 Å². The van der Waals surface area contributed by atoms with E-state index in [9.17, 15) is 0 Å².